The summed E-state index contributed by atoms with van der Waals surface area (Å²) < 4.78 is 0.997. The fourth-order valence-electron chi connectivity index (χ4n) is 2.30. The van der Waals surface area contributed by atoms with Crippen molar-refractivity contribution in [1.29, 1.82) is 0 Å². The lowest BCUT2D eigenvalue weighted by Gasteiger charge is -2.11. The van der Waals surface area contributed by atoms with Crippen molar-refractivity contribution in [2.75, 3.05) is 0 Å². The van der Waals surface area contributed by atoms with Gasteiger partial charge < -0.3 is 0 Å². The SMILES string of the molecule is O=C1NC(=O)C(c2ccc3cc(Br)ccc3c2)C1Cl. The number of hydrogen-bond donors (Lipinski definition) is 1. The highest BCUT2D eigenvalue weighted by Gasteiger charge is 2.41. The fraction of sp³-hybridized carbons (Fsp3) is 0.143. The van der Waals surface area contributed by atoms with Gasteiger partial charge >= 0.3 is 0 Å². The van der Waals surface area contributed by atoms with Crippen LogP contribution >= 0.6 is 27.5 Å². The Morgan fingerprint density at radius 3 is 2.37 bits per heavy atom. The molecule has 19 heavy (non-hydrogen) atoms. The average Bonchev–Trinajstić information content (AvgIpc) is 2.63. The zero-order valence-corrected chi connectivity index (χ0v) is 12.0. The van der Waals surface area contributed by atoms with Crippen molar-refractivity contribution < 1.29 is 9.59 Å². The fourth-order valence-corrected chi connectivity index (χ4v) is 2.99. The van der Waals surface area contributed by atoms with Crippen LogP contribution in [-0.2, 0) is 9.59 Å². The highest BCUT2D eigenvalue weighted by Crippen LogP contribution is 2.31. The second kappa shape index (κ2) is 4.62. The van der Waals surface area contributed by atoms with Crippen LogP contribution in [0.1, 0.15) is 11.5 Å². The molecule has 2 aromatic rings. The third kappa shape index (κ3) is 2.15. The predicted octanol–water partition coefficient (Wildman–Crippen LogP) is 2.95. The largest absolute Gasteiger partial charge is 0.295 e. The van der Waals surface area contributed by atoms with Crippen LogP contribution in [0.15, 0.2) is 40.9 Å². The van der Waals surface area contributed by atoms with Crippen LogP contribution in [0, 0.1) is 0 Å². The Kier molecular flexibility index (Phi) is 3.07. The molecule has 2 amide bonds. The van der Waals surface area contributed by atoms with Crippen LogP contribution in [0.3, 0.4) is 0 Å². The van der Waals surface area contributed by atoms with Gasteiger partial charge in [-0.05, 0) is 28.5 Å². The van der Waals surface area contributed by atoms with Crippen LogP contribution in [-0.4, -0.2) is 17.2 Å². The number of imide groups is 1. The number of rotatable bonds is 1. The first-order chi connectivity index (χ1) is 9.06. The van der Waals surface area contributed by atoms with E-state index in [0.717, 1.165) is 20.8 Å². The number of fused-ring (bicyclic) bond motifs is 1. The summed E-state index contributed by atoms with van der Waals surface area (Å²) in [5.74, 6) is -1.36. The Morgan fingerprint density at radius 1 is 1.00 bits per heavy atom. The van der Waals surface area contributed by atoms with Gasteiger partial charge in [-0.25, -0.2) is 0 Å². The summed E-state index contributed by atoms with van der Waals surface area (Å²) in [4.78, 5) is 23.2. The van der Waals surface area contributed by atoms with E-state index in [9.17, 15) is 9.59 Å². The van der Waals surface area contributed by atoms with Gasteiger partial charge in [0, 0.05) is 4.47 Å². The van der Waals surface area contributed by atoms with E-state index in [2.05, 4.69) is 21.2 Å². The zero-order chi connectivity index (χ0) is 13.6. The summed E-state index contributed by atoms with van der Waals surface area (Å²) in [6.07, 6.45) is 0. The monoisotopic (exact) mass is 337 g/mol. The van der Waals surface area contributed by atoms with Crippen LogP contribution in [0.25, 0.3) is 10.8 Å². The van der Waals surface area contributed by atoms with Crippen LogP contribution in [0.4, 0.5) is 0 Å². The third-order valence-corrected chi connectivity index (χ3v) is 4.20. The standard InChI is InChI=1S/C14H9BrClNO2/c15-10-4-3-7-5-9(2-1-8(7)6-10)11-12(16)14(19)17-13(11)18/h1-6,11-12H,(H,17,18,19). The Hall–Kier alpha value is -1.39. The minimum Gasteiger partial charge on any atom is -0.295 e. The average molecular weight is 339 g/mol. The topological polar surface area (TPSA) is 46.2 Å². The van der Waals surface area contributed by atoms with E-state index >= 15 is 0 Å². The summed E-state index contributed by atoms with van der Waals surface area (Å²) >= 11 is 9.41. The van der Waals surface area contributed by atoms with Crippen molar-refractivity contribution in [2.24, 2.45) is 0 Å². The molecule has 2 atom stereocenters. The number of carbonyl (C=O) groups is 2. The Morgan fingerprint density at radius 2 is 1.68 bits per heavy atom. The Bertz CT molecular complexity index is 701. The first-order valence-corrected chi connectivity index (χ1v) is 6.97. The van der Waals surface area contributed by atoms with Gasteiger partial charge in [0.2, 0.25) is 11.8 Å². The summed E-state index contributed by atoms with van der Waals surface area (Å²) in [7, 11) is 0. The van der Waals surface area contributed by atoms with E-state index in [1.165, 1.54) is 0 Å². The van der Waals surface area contributed by atoms with E-state index in [1.807, 2.05) is 36.4 Å². The van der Waals surface area contributed by atoms with E-state index in [4.69, 9.17) is 11.6 Å². The molecule has 96 valence electrons. The zero-order valence-electron chi connectivity index (χ0n) is 9.69. The Balaban J connectivity index is 2.09. The molecule has 0 radical (unpaired) electrons. The molecule has 0 spiro atoms. The number of amides is 2. The molecule has 1 saturated heterocycles. The molecule has 1 fully saturated rings. The van der Waals surface area contributed by atoms with Crippen molar-refractivity contribution in [2.45, 2.75) is 11.3 Å². The van der Waals surface area contributed by atoms with Crippen molar-refractivity contribution in [3.8, 4) is 0 Å². The van der Waals surface area contributed by atoms with Gasteiger partial charge in [0.15, 0.2) is 0 Å². The quantitative estimate of drug-likeness (QED) is 0.642. The van der Waals surface area contributed by atoms with Gasteiger partial charge in [0.1, 0.15) is 5.38 Å². The summed E-state index contributed by atoms with van der Waals surface area (Å²) in [5.41, 5.74) is 0.762. The van der Waals surface area contributed by atoms with Gasteiger partial charge in [-0.1, -0.05) is 40.2 Å². The second-order valence-corrected chi connectivity index (χ2v) is 5.87. The molecule has 1 aliphatic heterocycles. The number of nitrogens with one attached hydrogen (secondary N) is 1. The normalized spacial score (nSPS) is 22.8. The van der Waals surface area contributed by atoms with E-state index in [0.29, 0.717) is 0 Å². The van der Waals surface area contributed by atoms with E-state index in [1.54, 1.807) is 0 Å². The highest BCUT2D eigenvalue weighted by molar-refractivity contribution is 9.10. The molecule has 0 bridgehead atoms. The highest BCUT2D eigenvalue weighted by atomic mass is 79.9. The summed E-state index contributed by atoms with van der Waals surface area (Å²) in [5, 5.41) is 3.50. The Labute approximate surface area is 123 Å². The number of carbonyl (C=O) groups excluding carboxylic acids is 2. The molecule has 1 heterocycles. The maximum Gasteiger partial charge on any atom is 0.245 e. The van der Waals surface area contributed by atoms with E-state index < -0.39 is 17.2 Å². The van der Waals surface area contributed by atoms with Gasteiger partial charge in [-0.15, -0.1) is 11.6 Å². The van der Waals surface area contributed by atoms with Crippen molar-refractivity contribution in [1.82, 2.24) is 5.32 Å². The van der Waals surface area contributed by atoms with Crippen molar-refractivity contribution in [3.63, 3.8) is 0 Å². The minimum atomic E-state index is -0.833. The summed E-state index contributed by atoms with van der Waals surface area (Å²) in [6, 6.07) is 11.6. The van der Waals surface area contributed by atoms with Crippen LogP contribution in [0.2, 0.25) is 0 Å². The number of alkyl halides is 1. The number of benzene rings is 2. The van der Waals surface area contributed by atoms with Crippen molar-refractivity contribution >= 4 is 50.1 Å². The molecular weight excluding hydrogens is 330 g/mol. The lowest BCUT2D eigenvalue weighted by molar-refractivity contribution is -0.125. The van der Waals surface area contributed by atoms with Gasteiger partial charge in [-0.2, -0.15) is 0 Å². The molecule has 0 aliphatic carbocycles. The molecule has 2 unspecified atom stereocenters. The van der Waals surface area contributed by atoms with E-state index in [-0.39, 0.29) is 5.91 Å². The molecule has 0 aromatic heterocycles. The van der Waals surface area contributed by atoms with Crippen molar-refractivity contribution in [3.05, 3.63) is 46.4 Å². The maximum atomic E-state index is 11.8. The number of hydrogen-bond acceptors (Lipinski definition) is 2. The lowest BCUT2D eigenvalue weighted by atomic mass is 9.95. The predicted molar refractivity (Wildman–Crippen MR) is 77.2 cm³/mol. The molecular formula is C14H9BrClNO2. The maximum absolute atomic E-state index is 11.8. The molecule has 3 rings (SSSR count). The molecule has 3 nitrogen and oxygen atoms in total. The van der Waals surface area contributed by atoms with Gasteiger partial charge in [0.25, 0.3) is 0 Å². The van der Waals surface area contributed by atoms with Gasteiger partial charge in [-0.3, -0.25) is 14.9 Å². The molecule has 2 aromatic carbocycles. The third-order valence-electron chi connectivity index (χ3n) is 3.26. The lowest BCUT2D eigenvalue weighted by Crippen LogP contribution is -2.22. The van der Waals surface area contributed by atoms with Crippen LogP contribution in [0.5, 0.6) is 0 Å². The summed E-state index contributed by atoms with van der Waals surface area (Å²) in [6.45, 7) is 0. The molecule has 5 heteroatoms. The first kappa shape index (κ1) is 12.6. The molecule has 0 saturated carbocycles. The van der Waals surface area contributed by atoms with Gasteiger partial charge in [0.05, 0.1) is 5.92 Å². The minimum absolute atomic E-state index is 0.332. The molecule has 1 N–H and O–H groups in total. The smallest absolute Gasteiger partial charge is 0.245 e. The molecule has 1 aliphatic rings. The van der Waals surface area contributed by atoms with Crippen LogP contribution < -0.4 is 5.32 Å². The second-order valence-electron chi connectivity index (χ2n) is 4.48. The number of halogens is 2. The first-order valence-electron chi connectivity index (χ1n) is 5.74.